The standard InChI is InChI=1S/C17H20S2/c1-13(14(2)18)17(19,15-9-5-3-6-10-15)16-11-7-4-8-12-16/h3-14,18-19H,1-2H3. The van der Waals surface area contributed by atoms with E-state index in [0.717, 1.165) is 0 Å². The van der Waals surface area contributed by atoms with E-state index in [9.17, 15) is 0 Å². The summed E-state index contributed by atoms with van der Waals surface area (Å²) in [6.07, 6.45) is 0. The third kappa shape index (κ3) is 2.85. The molecule has 0 spiro atoms. The van der Waals surface area contributed by atoms with E-state index < -0.39 is 0 Å². The largest absolute Gasteiger partial charge is 0.176 e. The molecule has 0 radical (unpaired) electrons. The zero-order chi connectivity index (χ0) is 13.9. The predicted octanol–water partition coefficient (Wildman–Crippen LogP) is 4.81. The van der Waals surface area contributed by atoms with E-state index in [1.165, 1.54) is 11.1 Å². The van der Waals surface area contributed by atoms with Crippen molar-refractivity contribution in [3.8, 4) is 0 Å². The summed E-state index contributed by atoms with van der Waals surface area (Å²) >= 11 is 9.72. The summed E-state index contributed by atoms with van der Waals surface area (Å²) in [4.78, 5) is 0. The van der Waals surface area contributed by atoms with Crippen LogP contribution >= 0.6 is 25.3 Å². The molecule has 0 aliphatic rings. The Hall–Kier alpha value is -0.860. The first kappa shape index (κ1) is 14.5. The molecular weight excluding hydrogens is 268 g/mol. The van der Waals surface area contributed by atoms with E-state index in [0.29, 0.717) is 5.92 Å². The number of thiol groups is 2. The summed E-state index contributed by atoms with van der Waals surface area (Å²) in [5.74, 6) is 0.309. The molecule has 2 aromatic carbocycles. The van der Waals surface area contributed by atoms with Crippen molar-refractivity contribution in [2.24, 2.45) is 5.92 Å². The van der Waals surface area contributed by atoms with E-state index in [1.807, 2.05) is 12.1 Å². The molecule has 0 aromatic heterocycles. The van der Waals surface area contributed by atoms with Crippen molar-refractivity contribution in [1.29, 1.82) is 0 Å². The highest BCUT2D eigenvalue weighted by atomic mass is 32.1. The Balaban J connectivity index is 2.57. The molecule has 19 heavy (non-hydrogen) atoms. The zero-order valence-electron chi connectivity index (χ0n) is 11.3. The highest BCUT2D eigenvalue weighted by Gasteiger charge is 2.37. The lowest BCUT2D eigenvalue weighted by Crippen LogP contribution is -2.33. The minimum absolute atomic E-state index is 0.262. The average molecular weight is 288 g/mol. The lowest BCUT2D eigenvalue weighted by atomic mass is 9.79. The van der Waals surface area contributed by atoms with Crippen LogP contribution in [0, 0.1) is 5.92 Å². The van der Waals surface area contributed by atoms with Gasteiger partial charge in [0.15, 0.2) is 0 Å². The summed E-state index contributed by atoms with van der Waals surface area (Å²) in [6, 6.07) is 20.9. The maximum Gasteiger partial charge on any atom is 0.0662 e. The third-order valence-electron chi connectivity index (χ3n) is 3.81. The van der Waals surface area contributed by atoms with Gasteiger partial charge in [0.25, 0.3) is 0 Å². The number of benzene rings is 2. The van der Waals surface area contributed by atoms with Gasteiger partial charge in [-0.05, 0) is 17.0 Å². The van der Waals surface area contributed by atoms with Crippen LogP contribution in [0.3, 0.4) is 0 Å². The molecule has 0 fully saturated rings. The Labute approximate surface area is 127 Å². The topological polar surface area (TPSA) is 0 Å². The van der Waals surface area contributed by atoms with E-state index in [2.05, 4.69) is 75.0 Å². The summed E-state index contributed by atoms with van der Waals surface area (Å²) in [5, 5.41) is 0.262. The third-order valence-corrected chi connectivity index (χ3v) is 5.18. The minimum Gasteiger partial charge on any atom is -0.176 e. The van der Waals surface area contributed by atoms with Crippen LogP contribution in [0.2, 0.25) is 0 Å². The van der Waals surface area contributed by atoms with Gasteiger partial charge in [-0.15, -0.1) is 0 Å². The Bertz CT molecular complexity index is 466. The highest BCUT2D eigenvalue weighted by Crippen LogP contribution is 2.45. The molecule has 2 rings (SSSR count). The minimum atomic E-state index is -0.316. The fourth-order valence-corrected chi connectivity index (χ4v) is 3.29. The molecule has 0 heterocycles. The van der Waals surface area contributed by atoms with Crippen molar-refractivity contribution < 1.29 is 0 Å². The quantitative estimate of drug-likeness (QED) is 0.741. The van der Waals surface area contributed by atoms with Gasteiger partial charge in [0.2, 0.25) is 0 Å². The fraction of sp³-hybridized carbons (Fsp3) is 0.294. The van der Waals surface area contributed by atoms with E-state index in [1.54, 1.807) is 0 Å². The summed E-state index contributed by atoms with van der Waals surface area (Å²) < 4.78 is -0.316. The van der Waals surface area contributed by atoms with Crippen molar-refractivity contribution >= 4 is 25.3 Å². The second kappa shape index (κ2) is 6.06. The normalized spacial score (nSPS) is 14.9. The van der Waals surface area contributed by atoms with E-state index in [4.69, 9.17) is 12.6 Å². The van der Waals surface area contributed by atoms with Gasteiger partial charge in [0, 0.05) is 5.25 Å². The molecule has 0 amide bonds. The lowest BCUT2D eigenvalue weighted by Gasteiger charge is -2.38. The van der Waals surface area contributed by atoms with Crippen LogP contribution in [-0.4, -0.2) is 5.25 Å². The monoisotopic (exact) mass is 288 g/mol. The van der Waals surface area contributed by atoms with Gasteiger partial charge in [-0.1, -0.05) is 74.5 Å². The van der Waals surface area contributed by atoms with Gasteiger partial charge in [-0.2, -0.15) is 25.3 Å². The van der Waals surface area contributed by atoms with Gasteiger partial charge in [-0.25, -0.2) is 0 Å². The fourth-order valence-electron chi connectivity index (χ4n) is 2.43. The van der Waals surface area contributed by atoms with Gasteiger partial charge >= 0.3 is 0 Å². The summed E-state index contributed by atoms with van der Waals surface area (Å²) in [6.45, 7) is 4.34. The molecule has 2 atom stereocenters. The van der Waals surface area contributed by atoms with Crippen LogP contribution in [0.25, 0.3) is 0 Å². The Morgan fingerprint density at radius 2 is 1.16 bits per heavy atom. The maximum atomic E-state index is 5.08. The number of hydrogen-bond acceptors (Lipinski definition) is 2. The smallest absolute Gasteiger partial charge is 0.0662 e. The molecule has 0 saturated heterocycles. The molecule has 0 aliphatic heterocycles. The summed E-state index contributed by atoms with van der Waals surface area (Å²) in [7, 11) is 0. The van der Waals surface area contributed by atoms with Crippen LogP contribution in [0.1, 0.15) is 25.0 Å². The zero-order valence-corrected chi connectivity index (χ0v) is 13.1. The van der Waals surface area contributed by atoms with Crippen LogP contribution in [0.15, 0.2) is 60.7 Å². The maximum absolute atomic E-state index is 5.08. The van der Waals surface area contributed by atoms with Crippen molar-refractivity contribution in [2.75, 3.05) is 0 Å². The molecule has 2 aromatic rings. The van der Waals surface area contributed by atoms with Crippen LogP contribution in [-0.2, 0) is 4.75 Å². The first-order chi connectivity index (χ1) is 9.06. The number of hydrogen-bond donors (Lipinski definition) is 2. The van der Waals surface area contributed by atoms with Crippen LogP contribution < -0.4 is 0 Å². The van der Waals surface area contributed by atoms with Crippen molar-refractivity contribution in [2.45, 2.75) is 23.8 Å². The van der Waals surface area contributed by atoms with Crippen molar-refractivity contribution in [1.82, 2.24) is 0 Å². The Morgan fingerprint density at radius 3 is 1.47 bits per heavy atom. The lowest BCUT2D eigenvalue weighted by molar-refractivity contribution is 0.473. The van der Waals surface area contributed by atoms with Crippen molar-refractivity contribution in [3.05, 3.63) is 71.8 Å². The molecule has 0 nitrogen and oxygen atoms in total. The van der Waals surface area contributed by atoms with Gasteiger partial charge < -0.3 is 0 Å². The molecule has 0 aliphatic carbocycles. The Kier molecular flexibility index (Phi) is 4.64. The van der Waals surface area contributed by atoms with Crippen LogP contribution in [0.5, 0.6) is 0 Å². The second-order valence-corrected chi connectivity index (χ2v) is 6.55. The molecule has 0 bridgehead atoms. The van der Waals surface area contributed by atoms with E-state index >= 15 is 0 Å². The van der Waals surface area contributed by atoms with Crippen molar-refractivity contribution in [3.63, 3.8) is 0 Å². The molecule has 100 valence electrons. The summed E-state index contributed by atoms with van der Waals surface area (Å²) in [5.41, 5.74) is 2.44. The highest BCUT2D eigenvalue weighted by molar-refractivity contribution is 7.82. The predicted molar refractivity (Wildman–Crippen MR) is 90.3 cm³/mol. The van der Waals surface area contributed by atoms with E-state index in [-0.39, 0.29) is 10.00 Å². The SMILES string of the molecule is CC(S)C(C)C(S)(c1ccccc1)c1ccccc1. The molecule has 2 heteroatoms. The molecule has 0 N–H and O–H groups in total. The van der Waals surface area contributed by atoms with Gasteiger partial charge in [0.1, 0.15) is 0 Å². The van der Waals surface area contributed by atoms with Gasteiger partial charge in [0.05, 0.1) is 4.75 Å². The first-order valence-corrected chi connectivity index (χ1v) is 7.54. The van der Waals surface area contributed by atoms with Gasteiger partial charge in [-0.3, -0.25) is 0 Å². The number of rotatable bonds is 4. The molecule has 2 unspecified atom stereocenters. The molecule has 0 saturated carbocycles. The first-order valence-electron chi connectivity index (χ1n) is 6.58. The Morgan fingerprint density at radius 1 is 0.789 bits per heavy atom. The average Bonchev–Trinajstić information content (AvgIpc) is 2.47. The van der Waals surface area contributed by atoms with Crippen LogP contribution in [0.4, 0.5) is 0 Å². The second-order valence-electron chi connectivity index (χ2n) is 5.03. The molecular formula is C17H20S2.